The molecule has 12 heteroatoms. The number of imide groups is 1. The second-order valence-electron chi connectivity index (χ2n) is 13.2. The molecule has 0 aliphatic carbocycles. The van der Waals surface area contributed by atoms with Crippen LogP contribution in [0.25, 0.3) is 0 Å². The summed E-state index contributed by atoms with van der Waals surface area (Å²) in [6.07, 6.45) is -2.14. The molecular formula is C29H42FN3O7Si. The maximum absolute atomic E-state index is 14.8. The Bertz CT molecular complexity index is 1180. The number of piperidine rings is 2. The number of likely N-dealkylation sites (tertiary alicyclic amines) is 2. The van der Waals surface area contributed by atoms with E-state index in [-0.39, 0.29) is 57.4 Å². The van der Waals surface area contributed by atoms with E-state index in [1.807, 2.05) is 0 Å². The summed E-state index contributed by atoms with van der Waals surface area (Å²) in [6, 6.07) is 5.05. The van der Waals surface area contributed by atoms with Crippen LogP contribution in [0.1, 0.15) is 56.0 Å². The summed E-state index contributed by atoms with van der Waals surface area (Å²) >= 11 is 0. The van der Waals surface area contributed by atoms with Gasteiger partial charge in [-0.1, -0.05) is 19.6 Å². The SMILES string of the molecule is CC(C)(C)OC(=O)N1CC[C@@H](F)[C@H](Oc2ccc3c(c2)CN(C2CCC(=O)N(COCC[Si](C)(C)C)C2=O)C3=O)C1. The molecule has 0 aromatic heterocycles. The fourth-order valence-electron chi connectivity index (χ4n) is 5.09. The van der Waals surface area contributed by atoms with Gasteiger partial charge in [0.25, 0.3) is 11.8 Å². The van der Waals surface area contributed by atoms with Gasteiger partial charge in [0.2, 0.25) is 5.91 Å². The molecule has 41 heavy (non-hydrogen) atoms. The lowest BCUT2D eigenvalue weighted by Crippen LogP contribution is -2.55. The van der Waals surface area contributed by atoms with Crippen LogP contribution in [0.2, 0.25) is 25.7 Å². The van der Waals surface area contributed by atoms with Crippen LogP contribution in [-0.4, -0.2) is 96.9 Å². The molecule has 1 aromatic rings. The Morgan fingerprint density at radius 2 is 1.85 bits per heavy atom. The normalized spacial score (nSPS) is 23.6. The number of hydrogen-bond donors (Lipinski definition) is 0. The molecule has 2 fully saturated rings. The summed E-state index contributed by atoms with van der Waals surface area (Å²) in [5.74, 6) is -0.653. The van der Waals surface area contributed by atoms with Crippen molar-refractivity contribution in [3.05, 3.63) is 29.3 Å². The lowest BCUT2D eigenvalue weighted by molar-refractivity contribution is -0.158. The first-order chi connectivity index (χ1) is 19.1. The molecule has 4 rings (SSSR count). The third-order valence-electron chi connectivity index (χ3n) is 7.40. The van der Waals surface area contributed by atoms with E-state index < -0.39 is 44.0 Å². The largest absolute Gasteiger partial charge is 0.486 e. The molecule has 0 radical (unpaired) electrons. The number of alkyl halides is 1. The number of rotatable bonds is 8. The first kappa shape index (κ1) is 31.0. The molecule has 3 aliphatic heterocycles. The number of hydrogen-bond acceptors (Lipinski definition) is 7. The summed E-state index contributed by atoms with van der Waals surface area (Å²) < 4.78 is 31.8. The minimum Gasteiger partial charge on any atom is -0.486 e. The molecule has 2 saturated heterocycles. The van der Waals surface area contributed by atoms with Gasteiger partial charge in [0, 0.05) is 46.2 Å². The van der Waals surface area contributed by atoms with E-state index >= 15 is 0 Å². The highest BCUT2D eigenvalue weighted by molar-refractivity contribution is 6.76. The van der Waals surface area contributed by atoms with E-state index in [0.29, 0.717) is 23.5 Å². The van der Waals surface area contributed by atoms with Gasteiger partial charge in [-0.05, 0) is 57.0 Å². The maximum atomic E-state index is 14.8. The van der Waals surface area contributed by atoms with Gasteiger partial charge in [-0.3, -0.25) is 19.3 Å². The van der Waals surface area contributed by atoms with E-state index in [1.54, 1.807) is 39.0 Å². The first-order valence-corrected chi connectivity index (χ1v) is 18.0. The number of halogens is 1. The zero-order valence-corrected chi connectivity index (χ0v) is 25.9. The topological polar surface area (TPSA) is 106 Å². The molecule has 0 spiro atoms. The van der Waals surface area contributed by atoms with Crippen LogP contribution in [-0.2, 0) is 25.6 Å². The van der Waals surface area contributed by atoms with E-state index in [1.165, 1.54) is 9.80 Å². The van der Waals surface area contributed by atoms with Crippen molar-refractivity contribution in [2.75, 3.05) is 26.4 Å². The van der Waals surface area contributed by atoms with Crippen LogP contribution in [0.5, 0.6) is 5.75 Å². The van der Waals surface area contributed by atoms with Gasteiger partial charge in [0.05, 0.1) is 6.54 Å². The summed E-state index contributed by atoms with van der Waals surface area (Å²) in [4.78, 5) is 55.6. The van der Waals surface area contributed by atoms with Crippen molar-refractivity contribution in [3.63, 3.8) is 0 Å². The van der Waals surface area contributed by atoms with Crippen molar-refractivity contribution in [2.45, 2.75) is 96.2 Å². The molecule has 3 atom stereocenters. The van der Waals surface area contributed by atoms with Gasteiger partial charge >= 0.3 is 6.09 Å². The smallest absolute Gasteiger partial charge is 0.410 e. The van der Waals surface area contributed by atoms with E-state index in [0.717, 1.165) is 10.9 Å². The van der Waals surface area contributed by atoms with Crippen molar-refractivity contribution < 1.29 is 37.8 Å². The molecule has 226 valence electrons. The second-order valence-corrected chi connectivity index (χ2v) is 18.8. The lowest BCUT2D eigenvalue weighted by Gasteiger charge is -2.36. The van der Waals surface area contributed by atoms with Crippen LogP contribution in [0.15, 0.2) is 18.2 Å². The molecule has 0 bridgehead atoms. The van der Waals surface area contributed by atoms with Gasteiger partial charge in [-0.15, -0.1) is 0 Å². The molecule has 1 aromatic carbocycles. The van der Waals surface area contributed by atoms with E-state index in [4.69, 9.17) is 14.2 Å². The fourth-order valence-corrected chi connectivity index (χ4v) is 5.85. The quantitative estimate of drug-likeness (QED) is 0.254. The van der Waals surface area contributed by atoms with Crippen LogP contribution in [0.3, 0.4) is 0 Å². The number of amides is 4. The average molecular weight is 592 g/mol. The fraction of sp³-hybridized carbons (Fsp3) is 0.655. The minimum absolute atomic E-state index is 0.0403. The standard InChI is InChI=1S/C29H42FN3O7Si/c1-29(2,3)40-28(37)31-12-11-22(30)24(17-31)39-20-7-8-21-19(15-20)16-32(26(21)35)23-9-10-25(34)33(27(23)36)18-38-13-14-41(4,5)6/h7-8,15,22-24H,9-14,16-18H2,1-6H3/t22-,23?,24-/m1/s1. The molecule has 3 aliphatic rings. The number of carbonyl (C=O) groups excluding carboxylic acids is 4. The predicted molar refractivity (Wildman–Crippen MR) is 152 cm³/mol. The first-order valence-electron chi connectivity index (χ1n) is 14.3. The Morgan fingerprint density at radius 3 is 2.54 bits per heavy atom. The van der Waals surface area contributed by atoms with Crippen LogP contribution >= 0.6 is 0 Å². The van der Waals surface area contributed by atoms with Gasteiger partial charge in [-0.2, -0.15) is 0 Å². The van der Waals surface area contributed by atoms with Crippen LogP contribution in [0.4, 0.5) is 9.18 Å². The van der Waals surface area contributed by atoms with Crippen molar-refractivity contribution in [1.29, 1.82) is 0 Å². The predicted octanol–water partition coefficient (Wildman–Crippen LogP) is 4.20. The van der Waals surface area contributed by atoms with Gasteiger partial charge < -0.3 is 24.0 Å². The van der Waals surface area contributed by atoms with Crippen molar-refractivity contribution in [1.82, 2.24) is 14.7 Å². The number of fused-ring (bicyclic) bond motifs is 1. The number of nitrogens with zero attached hydrogens (tertiary/aromatic N) is 3. The van der Waals surface area contributed by atoms with Crippen LogP contribution in [0, 0.1) is 0 Å². The molecule has 10 nitrogen and oxygen atoms in total. The summed E-state index contributed by atoms with van der Waals surface area (Å²) in [5, 5.41) is 0. The summed E-state index contributed by atoms with van der Waals surface area (Å²) in [5.41, 5.74) is 0.435. The number of benzene rings is 1. The third kappa shape index (κ3) is 7.65. The third-order valence-corrected chi connectivity index (χ3v) is 9.11. The average Bonchev–Trinajstić information content (AvgIpc) is 3.18. The van der Waals surface area contributed by atoms with Gasteiger partial charge in [0.1, 0.15) is 36.4 Å². The van der Waals surface area contributed by atoms with Crippen molar-refractivity contribution in [3.8, 4) is 5.75 Å². The second kappa shape index (κ2) is 12.1. The minimum atomic E-state index is -1.32. The monoisotopic (exact) mass is 591 g/mol. The van der Waals surface area contributed by atoms with Crippen molar-refractivity contribution in [2.24, 2.45) is 0 Å². The highest BCUT2D eigenvalue weighted by Crippen LogP contribution is 2.32. The number of carbonyl (C=O) groups is 4. The molecule has 1 unspecified atom stereocenters. The highest BCUT2D eigenvalue weighted by Gasteiger charge is 2.43. The van der Waals surface area contributed by atoms with Crippen molar-refractivity contribution >= 4 is 31.9 Å². The Labute approximate surface area is 242 Å². The Kier molecular flexibility index (Phi) is 9.12. The highest BCUT2D eigenvalue weighted by atomic mass is 28.3. The molecule has 0 saturated carbocycles. The zero-order valence-electron chi connectivity index (χ0n) is 24.9. The van der Waals surface area contributed by atoms with E-state index in [9.17, 15) is 23.6 Å². The Hall–Kier alpha value is -2.99. The maximum Gasteiger partial charge on any atom is 0.410 e. The van der Waals surface area contributed by atoms with E-state index in [2.05, 4.69) is 19.6 Å². The molecule has 0 N–H and O–H groups in total. The zero-order chi connectivity index (χ0) is 30.1. The molecule has 3 heterocycles. The number of ether oxygens (including phenoxy) is 3. The Morgan fingerprint density at radius 1 is 1.12 bits per heavy atom. The van der Waals surface area contributed by atoms with Crippen LogP contribution < -0.4 is 4.74 Å². The Balaban J connectivity index is 1.39. The summed E-state index contributed by atoms with van der Waals surface area (Å²) in [6.45, 7) is 12.8. The van der Waals surface area contributed by atoms with Gasteiger partial charge in [-0.25, -0.2) is 9.18 Å². The molecule has 4 amide bonds. The molecular weight excluding hydrogens is 549 g/mol. The van der Waals surface area contributed by atoms with Gasteiger partial charge in [0.15, 0.2) is 0 Å². The lowest BCUT2D eigenvalue weighted by atomic mass is 10.0. The summed E-state index contributed by atoms with van der Waals surface area (Å²) in [7, 11) is -1.32.